The van der Waals surface area contributed by atoms with Crippen molar-refractivity contribution in [1.29, 1.82) is 0 Å². The van der Waals surface area contributed by atoms with Crippen molar-refractivity contribution in [3.05, 3.63) is 18.2 Å². The Morgan fingerprint density at radius 1 is 1.40 bits per heavy atom. The van der Waals surface area contributed by atoms with E-state index in [4.69, 9.17) is 4.74 Å². The van der Waals surface area contributed by atoms with Gasteiger partial charge in [-0.25, -0.2) is 0 Å². The number of fused-ring (bicyclic) bond motifs is 1. The van der Waals surface area contributed by atoms with Crippen LogP contribution in [0.25, 0.3) is 0 Å². The molecular weight excluding hydrogens is 192 g/mol. The molecule has 0 bridgehead atoms. The van der Waals surface area contributed by atoms with Crippen molar-refractivity contribution in [1.82, 2.24) is 0 Å². The van der Waals surface area contributed by atoms with Gasteiger partial charge in [-0.15, -0.1) is 0 Å². The van der Waals surface area contributed by atoms with E-state index in [9.17, 15) is 4.79 Å². The zero-order valence-corrected chi connectivity index (χ0v) is 9.07. The average Bonchev–Trinajstić information content (AvgIpc) is 2.19. The fourth-order valence-electron chi connectivity index (χ4n) is 1.47. The number of hydrogen-bond donors (Lipinski definition) is 1. The lowest BCUT2D eigenvalue weighted by molar-refractivity contribution is -0.122. The van der Waals surface area contributed by atoms with E-state index in [0.29, 0.717) is 0 Å². The van der Waals surface area contributed by atoms with E-state index in [1.54, 1.807) is 6.92 Å². The molecule has 1 heterocycles. The van der Waals surface area contributed by atoms with Gasteiger partial charge < -0.3 is 15.0 Å². The molecule has 0 saturated carbocycles. The summed E-state index contributed by atoms with van der Waals surface area (Å²) in [5, 5.41) is 2.81. The quantitative estimate of drug-likeness (QED) is 0.756. The van der Waals surface area contributed by atoms with E-state index < -0.39 is 6.10 Å². The van der Waals surface area contributed by atoms with E-state index in [1.807, 2.05) is 37.2 Å². The van der Waals surface area contributed by atoms with Crippen LogP contribution in [-0.2, 0) is 4.79 Å². The zero-order valence-electron chi connectivity index (χ0n) is 9.07. The monoisotopic (exact) mass is 206 g/mol. The fourth-order valence-corrected chi connectivity index (χ4v) is 1.47. The van der Waals surface area contributed by atoms with Crippen LogP contribution >= 0.6 is 0 Å². The smallest absolute Gasteiger partial charge is 0.265 e. The maximum atomic E-state index is 11.4. The SMILES string of the molecule is CC1Oc2ccc(N(C)C)cc2NC1=O. The van der Waals surface area contributed by atoms with E-state index >= 15 is 0 Å². The van der Waals surface area contributed by atoms with Crippen molar-refractivity contribution in [3.8, 4) is 5.75 Å². The van der Waals surface area contributed by atoms with Crippen LogP contribution in [0.15, 0.2) is 18.2 Å². The normalized spacial score (nSPS) is 18.9. The third-order valence-corrected chi connectivity index (χ3v) is 2.41. The third kappa shape index (κ3) is 1.75. The molecular formula is C11H14N2O2. The Morgan fingerprint density at radius 2 is 2.13 bits per heavy atom. The highest BCUT2D eigenvalue weighted by Crippen LogP contribution is 2.32. The summed E-state index contributed by atoms with van der Waals surface area (Å²) in [7, 11) is 3.91. The summed E-state index contributed by atoms with van der Waals surface area (Å²) in [5.41, 5.74) is 1.77. The number of rotatable bonds is 1. The number of amides is 1. The molecule has 1 atom stereocenters. The van der Waals surface area contributed by atoms with Gasteiger partial charge in [0.15, 0.2) is 6.10 Å². The number of anilines is 2. The summed E-state index contributed by atoms with van der Waals surface area (Å²) in [6, 6.07) is 5.74. The lowest BCUT2D eigenvalue weighted by atomic mass is 10.2. The molecule has 1 aromatic carbocycles. The number of nitrogens with zero attached hydrogens (tertiary/aromatic N) is 1. The Bertz CT molecular complexity index is 402. The summed E-state index contributed by atoms with van der Waals surface area (Å²) in [5.74, 6) is 0.631. The molecule has 0 fully saturated rings. The van der Waals surface area contributed by atoms with Crippen LogP contribution in [-0.4, -0.2) is 26.1 Å². The minimum Gasteiger partial charge on any atom is -0.479 e. The van der Waals surface area contributed by atoms with Gasteiger partial charge in [0, 0.05) is 19.8 Å². The maximum Gasteiger partial charge on any atom is 0.265 e. The number of hydrogen-bond acceptors (Lipinski definition) is 3. The first-order valence-corrected chi connectivity index (χ1v) is 4.87. The minimum atomic E-state index is -0.414. The summed E-state index contributed by atoms with van der Waals surface area (Å²) in [6.07, 6.45) is -0.414. The Morgan fingerprint density at radius 3 is 2.80 bits per heavy atom. The summed E-state index contributed by atoms with van der Waals surface area (Å²) in [6.45, 7) is 1.73. The molecule has 2 rings (SSSR count). The second-order valence-corrected chi connectivity index (χ2v) is 3.82. The van der Waals surface area contributed by atoms with Gasteiger partial charge in [0.1, 0.15) is 5.75 Å². The number of nitrogens with one attached hydrogen (secondary N) is 1. The molecule has 15 heavy (non-hydrogen) atoms. The van der Waals surface area contributed by atoms with Crippen molar-refractivity contribution in [3.63, 3.8) is 0 Å². The predicted octanol–water partition coefficient (Wildman–Crippen LogP) is 1.47. The molecule has 1 N–H and O–H groups in total. The fraction of sp³-hybridized carbons (Fsp3) is 0.364. The third-order valence-electron chi connectivity index (χ3n) is 2.41. The Kier molecular flexibility index (Phi) is 2.26. The molecule has 0 radical (unpaired) electrons. The largest absolute Gasteiger partial charge is 0.479 e. The van der Waals surface area contributed by atoms with Crippen LogP contribution in [0, 0.1) is 0 Å². The Hall–Kier alpha value is -1.71. The predicted molar refractivity (Wildman–Crippen MR) is 59.5 cm³/mol. The minimum absolute atomic E-state index is 0.0987. The number of ether oxygens (including phenoxy) is 1. The van der Waals surface area contributed by atoms with Crippen LogP contribution in [0.3, 0.4) is 0 Å². The molecule has 80 valence electrons. The van der Waals surface area contributed by atoms with E-state index in [0.717, 1.165) is 17.1 Å². The van der Waals surface area contributed by atoms with Crippen LogP contribution in [0.5, 0.6) is 5.75 Å². The summed E-state index contributed by atoms with van der Waals surface area (Å²) >= 11 is 0. The number of carbonyl (C=O) groups excluding carboxylic acids is 1. The molecule has 4 heteroatoms. The van der Waals surface area contributed by atoms with Gasteiger partial charge in [0.05, 0.1) is 5.69 Å². The van der Waals surface area contributed by atoms with Gasteiger partial charge in [-0.2, -0.15) is 0 Å². The highest BCUT2D eigenvalue weighted by molar-refractivity contribution is 5.98. The molecule has 0 aromatic heterocycles. The molecule has 1 aromatic rings. The van der Waals surface area contributed by atoms with Crippen molar-refractivity contribution in [2.75, 3.05) is 24.3 Å². The number of benzene rings is 1. The molecule has 1 unspecified atom stereocenters. The lowest BCUT2D eigenvalue weighted by Gasteiger charge is -2.24. The van der Waals surface area contributed by atoms with Crippen molar-refractivity contribution < 1.29 is 9.53 Å². The standard InChI is InChI=1S/C11H14N2O2/c1-7-11(14)12-9-6-8(13(2)3)4-5-10(9)15-7/h4-7H,1-3H3,(H,12,14). The first-order chi connectivity index (χ1) is 7.08. The summed E-state index contributed by atoms with van der Waals surface area (Å²) in [4.78, 5) is 13.4. The number of carbonyl (C=O) groups is 1. The molecule has 1 aliphatic heterocycles. The first kappa shape index (κ1) is 9.83. The molecule has 1 aliphatic rings. The van der Waals surface area contributed by atoms with Crippen LogP contribution in [0.1, 0.15) is 6.92 Å². The topological polar surface area (TPSA) is 41.6 Å². The Labute approximate surface area is 88.8 Å². The molecule has 4 nitrogen and oxygen atoms in total. The van der Waals surface area contributed by atoms with Gasteiger partial charge in [-0.3, -0.25) is 4.79 Å². The van der Waals surface area contributed by atoms with Crippen molar-refractivity contribution in [2.45, 2.75) is 13.0 Å². The van der Waals surface area contributed by atoms with E-state index in [2.05, 4.69) is 5.32 Å². The molecule has 0 saturated heterocycles. The van der Waals surface area contributed by atoms with E-state index in [1.165, 1.54) is 0 Å². The molecule has 0 aliphatic carbocycles. The van der Waals surface area contributed by atoms with Gasteiger partial charge in [-0.1, -0.05) is 0 Å². The highest BCUT2D eigenvalue weighted by atomic mass is 16.5. The first-order valence-electron chi connectivity index (χ1n) is 4.87. The van der Waals surface area contributed by atoms with Gasteiger partial charge in [0.25, 0.3) is 5.91 Å². The van der Waals surface area contributed by atoms with Crippen molar-refractivity contribution in [2.24, 2.45) is 0 Å². The van der Waals surface area contributed by atoms with Gasteiger partial charge in [0.2, 0.25) is 0 Å². The maximum absolute atomic E-state index is 11.4. The lowest BCUT2D eigenvalue weighted by Crippen LogP contribution is -2.34. The van der Waals surface area contributed by atoms with Crippen molar-refractivity contribution >= 4 is 17.3 Å². The van der Waals surface area contributed by atoms with Gasteiger partial charge in [-0.05, 0) is 25.1 Å². The Balaban J connectivity index is 2.37. The van der Waals surface area contributed by atoms with Crippen LogP contribution in [0.4, 0.5) is 11.4 Å². The van der Waals surface area contributed by atoms with Crippen LogP contribution in [0.2, 0.25) is 0 Å². The average molecular weight is 206 g/mol. The van der Waals surface area contributed by atoms with E-state index in [-0.39, 0.29) is 5.91 Å². The second-order valence-electron chi connectivity index (χ2n) is 3.82. The molecule has 0 spiro atoms. The zero-order chi connectivity index (χ0) is 11.0. The van der Waals surface area contributed by atoms with Gasteiger partial charge >= 0.3 is 0 Å². The highest BCUT2D eigenvalue weighted by Gasteiger charge is 2.23. The summed E-state index contributed by atoms with van der Waals surface area (Å²) < 4.78 is 5.45. The van der Waals surface area contributed by atoms with Crippen LogP contribution < -0.4 is 15.0 Å². The molecule has 1 amide bonds. The second kappa shape index (κ2) is 3.46.